The van der Waals surface area contributed by atoms with E-state index in [0.29, 0.717) is 5.56 Å². The van der Waals surface area contributed by atoms with Gasteiger partial charge < -0.3 is 4.57 Å². The van der Waals surface area contributed by atoms with Crippen LogP contribution in [0.4, 0.5) is 0 Å². The Hall–Kier alpha value is -3.53. The first-order chi connectivity index (χ1) is 14.9. The van der Waals surface area contributed by atoms with E-state index >= 15 is 0 Å². The van der Waals surface area contributed by atoms with E-state index in [4.69, 9.17) is 0 Å². The van der Waals surface area contributed by atoms with Gasteiger partial charge in [-0.15, -0.1) is 0 Å². The van der Waals surface area contributed by atoms with E-state index in [2.05, 4.69) is 28.6 Å². The molecule has 0 aliphatic rings. The van der Waals surface area contributed by atoms with Crippen molar-refractivity contribution < 1.29 is 9.59 Å². The Balaban J connectivity index is 1.89. The van der Waals surface area contributed by atoms with E-state index in [-0.39, 0.29) is 18.1 Å². The number of carbonyl (C=O) groups is 2. The van der Waals surface area contributed by atoms with Crippen LogP contribution in [-0.4, -0.2) is 28.4 Å². The summed E-state index contributed by atoms with van der Waals surface area (Å²) in [5, 5.41) is 2.14. The molecule has 0 aliphatic carbocycles. The number of nitrogens with zero attached hydrogens (tertiary/aromatic N) is 2. The lowest BCUT2D eigenvalue weighted by atomic mass is 9.97. The lowest BCUT2D eigenvalue weighted by Gasteiger charge is -2.06. The maximum atomic E-state index is 13.2. The van der Waals surface area contributed by atoms with Crippen molar-refractivity contribution in [2.45, 2.75) is 34.2 Å². The smallest absolute Gasteiger partial charge is 0.193 e. The number of hydrogen-bond acceptors (Lipinski definition) is 3. The van der Waals surface area contributed by atoms with E-state index in [0.717, 1.165) is 50.8 Å². The Morgan fingerprint density at radius 2 is 1.48 bits per heavy atom. The first kappa shape index (κ1) is 20.7. The third-order valence-corrected chi connectivity index (χ3v) is 5.79. The normalized spacial score (nSPS) is 11.9. The molecule has 0 radical (unpaired) electrons. The molecule has 0 saturated carbocycles. The van der Waals surface area contributed by atoms with Gasteiger partial charge in [0.1, 0.15) is 0 Å². The van der Waals surface area contributed by atoms with Gasteiger partial charge in [-0.1, -0.05) is 30.3 Å². The fourth-order valence-corrected chi connectivity index (χ4v) is 4.12. The molecule has 0 bridgehead atoms. The van der Waals surface area contributed by atoms with Crippen LogP contribution in [0.15, 0.2) is 65.7 Å². The predicted octanol–water partition coefficient (Wildman–Crippen LogP) is 5.75. The van der Waals surface area contributed by atoms with Crippen LogP contribution in [0.25, 0.3) is 21.8 Å². The van der Waals surface area contributed by atoms with Crippen LogP contribution in [0.5, 0.6) is 0 Å². The second-order valence-corrected chi connectivity index (χ2v) is 7.96. The number of hydrogen-bond donors (Lipinski definition) is 0. The summed E-state index contributed by atoms with van der Waals surface area (Å²) in [6.45, 7) is 8.58. The Morgan fingerprint density at radius 3 is 2.10 bits per heavy atom. The monoisotopic (exact) mass is 410 g/mol. The van der Waals surface area contributed by atoms with Gasteiger partial charge >= 0.3 is 0 Å². The SMILES string of the molecule is CCn1c2ccc(C(=O)c3ccccc3C)cc2c2cc(C(C)=NCC(C)=O)ccc21. The highest BCUT2D eigenvalue weighted by Gasteiger charge is 2.16. The maximum absolute atomic E-state index is 13.2. The minimum atomic E-state index is 0.0350. The number of aromatic nitrogens is 1. The summed E-state index contributed by atoms with van der Waals surface area (Å²) in [6.07, 6.45) is 0. The zero-order chi connectivity index (χ0) is 22.1. The number of aliphatic imine (C=N–C) groups is 1. The Labute approximate surface area is 182 Å². The van der Waals surface area contributed by atoms with Gasteiger partial charge in [0, 0.05) is 45.2 Å². The fraction of sp³-hybridized carbons (Fsp3) is 0.222. The third kappa shape index (κ3) is 3.81. The van der Waals surface area contributed by atoms with Gasteiger partial charge in [-0.25, -0.2) is 0 Å². The lowest BCUT2D eigenvalue weighted by molar-refractivity contribution is -0.115. The molecule has 0 atom stereocenters. The standard InChI is InChI=1S/C27H26N2O2/c1-5-29-25-12-10-20(19(4)28-16-18(3)30)14-23(25)24-15-21(11-13-26(24)29)27(31)22-9-7-6-8-17(22)2/h6-15H,5,16H2,1-4H3. The van der Waals surface area contributed by atoms with Crippen LogP contribution >= 0.6 is 0 Å². The number of rotatable bonds is 6. The molecule has 4 heteroatoms. The van der Waals surface area contributed by atoms with E-state index in [9.17, 15) is 9.59 Å². The average molecular weight is 411 g/mol. The minimum absolute atomic E-state index is 0.0350. The Bertz CT molecular complexity index is 1360. The molecule has 0 saturated heterocycles. The van der Waals surface area contributed by atoms with Crippen molar-refractivity contribution in [2.75, 3.05) is 6.54 Å². The van der Waals surface area contributed by atoms with Crippen LogP contribution in [0.3, 0.4) is 0 Å². The van der Waals surface area contributed by atoms with Gasteiger partial charge in [0.05, 0.1) is 6.54 Å². The number of carbonyl (C=O) groups excluding carboxylic acids is 2. The van der Waals surface area contributed by atoms with E-state index < -0.39 is 0 Å². The summed E-state index contributed by atoms with van der Waals surface area (Å²) < 4.78 is 2.26. The van der Waals surface area contributed by atoms with Crippen LogP contribution in [-0.2, 0) is 11.3 Å². The minimum Gasteiger partial charge on any atom is -0.341 e. The molecule has 4 rings (SSSR count). The fourth-order valence-electron chi connectivity index (χ4n) is 4.12. The summed E-state index contributed by atoms with van der Waals surface area (Å²) in [5.41, 5.74) is 6.44. The van der Waals surface area contributed by atoms with E-state index in [1.807, 2.05) is 62.4 Å². The Kier molecular flexibility index (Phi) is 5.55. The molecule has 3 aromatic carbocycles. The largest absolute Gasteiger partial charge is 0.341 e. The average Bonchev–Trinajstić information content (AvgIpc) is 3.09. The first-order valence-electron chi connectivity index (χ1n) is 10.6. The first-order valence-corrected chi connectivity index (χ1v) is 10.6. The van der Waals surface area contributed by atoms with Crippen LogP contribution < -0.4 is 0 Å². The molecule has 156 valence electrons. The highest BCUT2D eigenvalue weighted by atomic mass is 16.1. The van der Waals surface area contributed by atoms with Crippen molar-refractivity contribution in [3.63, 3.8) is 0 Å². The number of benzene rings is 3. The lowest BCUT2D eigenvalue weighted by Crippen LogP contribution is -2.03. The third-order valence-electron chi connectivity index (χ3n) is 5.79. The summed E-state index contributed by atoms with van der Waals surface area (Å²) >= 11 is 0. The highest BCUT2D eigenvalue weighted by molar-refractivity contribution is 6.16. The van der Waals surface area contributed by atoms with Crippen molar-refractivity contribution in [2.24, 2.45) is 4.99 Å². The van der Waals surface area contributed by atoms with Crippen molar-refractivity contribution in [3.8, 4) is 0 Å². The van der Waals surface area contributed by atoms with Crippen molar-refractivity contribution in [1.82, 2.24) is 4.57 Å². The second kappa shape index (κ2) is 8.31. The number of ketones is 2. The molecular weight excluding hydrogens is 384 g/mol. The van der Waals surface area contributed by atoms with Gasteiger partial charge in [-0.3, -0.25) is 14.6 Å². The van der Waals surface area contributed by atoms with Crippen LogP contribution in [0, 0.1) is 6.92 Å². The quantitative estimate of drug-likeness (QED) is 0.300. The molecule has 0 amide bonds. The van der Waals surface area contributed by atoms with Crippen LogP contribution in [0.1, 0.15) is 47.8 Å². The van der Waals surface area contributed by atoms with Crippen molar-refractivity contribution >= 4 is 39.1 Å². The summed E-state index contributed by atoms with van der Waals surface area (Å²) in [7, 11) is 0. The van der Waals surface area contributed by atoms with Gasteiger partial charge in [0.25, 0.3) is 0 Å². The molecule has 1 heterocycles. The molecule has 0 unspecified atom stereocenters. The molecule has 4 aromatic rings. The molecule has 0 spiro atoms. The molecule has 0 aliphatic heterocycles. The number of aryl methyl sites for hydroxylation is 2. The zero-order valence-corrected chi connectivity index (χ0v) is 18.4. The number of Topliss-reactive ketones (excluding diaryl/α,β-unsaturated/α-hetero) is 1. The predicted molar refractivity (Wildman–Crippen MR) is 127 cm³/mol. The van der Waals surface area contributed by atoms with Crippen molar-refractivity contribution in [1.29, 1.82) is 0 Å². The second-order valence-electron chi connectivity index (χ2n) is 7.96. The molecule has 0 fully saturated rings. The number of fused-ring (bicyclic) bond motifs is 3. The summed E-state index contributed by atoms with van der Waals surface area (Å²) in [4.78, 5) is 28.9. The topological polar surface area (TPSA) is 51.4 Å². The summed E-state index contributed by atoms with van der Waals surface area (Å²) in [5.74, 6) is 0.0788. The molecule has 31 heavy (non-hydrogen) atoms. The van der Waals surface area contributed by atoms with Gasteiger partial charge in [-0.05, 0) is 69.2 Å². The van der Waals surface area contributed by atoms with E-state index in [1.54, 1.807) is 6.92 Å². The summed E-state index contributed by atoms with van der Waals surface area (Å²) in [6, 6.07) is 19.9. The van der Waals surface area contributed by atoms with Gasteiger partial charge in [-0.2, -0.15) is 0 Å². The van der Waals surface area contributed by atoms with Gasteiger partial charge in [0.2, 0.25) is 0 Å². The van der Waals surface area contributed by atoms with Crippen LogP contribution in [0.2, 0.25) is 0 Å². The van der Waals surface area contributed by atoms with Crippen molar-refractivity contribution in [3.05, 3.63) is 82.9 Å². The van der Waals surface area contributed by atoms with E-state index in [1.165, 1.54) is 0 Å². The maximum Gasteiger partial charge on any atom is 0.193 e. The zero-order valence-electron chi connectivity index (χ0n) is 18.4. The molecule has 0 N–H and O–H groups in total. The molecular formula is C27H26N2O2. The Morgan fingerprint density at radius 1 is 0.871 bits per heavy atom. The highest BCUT2D eigenvalue weighted by Crippen LogP contribution is 2.31. The molecule has 4 nitrogen and oxygen atoms in total. The van der Waals surface area contributed by atoms with Gasteiger partial charge in [0.15, 0.2) is 11.6 Å². The molecule has 1 aromatic heterocycles.